The number of hydrogen-bond donors (Lipinski definition) is 1. The molecule has 0 fully saturated rings. The molecule has 0 aliphatic heterocycles. The first-order chi connectivity index (χ1) is 7.45. The third-order valence-corrected chi connectivity index (χ3v) is 1.96. The Morgan fingerprint density at radius 1 is 1.19 bits per heavy atom. The minimum Gasteiger partial charge on any atom is -0.463 e. The number of rotatable bonds is 6. The summed E-state index contributed by atoms with van der Waals surface area (Å²) < 4.78 is 5.07. The molecule has 0 amide bonds. The van der Waals surface area contributed by atoms with E-state index in [9.17, 15) is 4.79 Å². The topological polar surface area (TPSA) is 52.3 Å². The van der Waals surface area contributed by atoms with Crippen LogP contribution in [0.5, 0.6) is 0 Å². The van der Waals surface area contributed by atoms with Crippen LogP contribution >= 0.6 is 0 Å². The molecule has 0 aromatic heterocycles. The molecule has 1 atom stereocenters. The van der Waals surface area contributed by atoms with Gasteiger partial charge in [-0.15, -0.1) is 0 Å². The molecule has 1 unspecified atom stereocenters. The van der Waals surface area contributed by atoms with Gasteiger partial charge in [-0.3, -0.25) is 4.79 Å². The maximum Gasteiger partial charge on any atom is 0.306 e. The number of esters is 1. The van der Waals surface area contributed by atoms with Gasteiger partial charge in [0.15, 0.2) is 0 Å². The molecule has 0 aliphatic carbocycles. The maximum absolute atomic E-state index is 11.3. The number of hydrogen-bond acceptors (Lipinski definition) is 3. The predicted molar refractivity (Wildman–Crippen MR) is 69.2 cm³/mol. The minimum atomic E-state index is -0.129. The number of nitrogens with two attached hydrogens (primary N) is 1. The van der Waals surface area contributed by atoms with Crippen molar-refractivity contribution >= 4 is 5.97 Å². The van der Waals surface area contributed by atoms with E-state index in [1.54, 1.807) is 0 Å². The summed E-state index contributed by atoms with van der Waals surface area (Å²) in [6, 6.07) is 0. The Morgan fingerprint density at radius 2 is 1.69 bits per heavy atom. The highest BCUT2D eigenvalue weighted by molar-refractivity contribution is 5.69. The molecule has 0 saturated carbocycles. The van der Waals surface area contributed by atoms with E-state index in [0.717, 1.165) is 6.42 Å². The second-order valence-corrected chi connectivity index (χ2v) is 4.47. The Bertz CT molecular complexity index is 167. The molecule has 16 heavy (non-hydrogen) atoms. The summed E-state index contributed by atoms with van der Waals surface area (Å²) in [6.07, 6.45) is 1.41. The monoisotopic (exact) mass is 231 g/mol. The van der Waals surface area contributed by atoms with Crippen molar-refractivity contribution in [1.29, 1.82) is 0 Å². The second-order valence-electron chi connectivity index (χ2n) is 4.47. The highest BCUT2D eigenvalue weighted by Gasteiger charge is 2.15. The summed E-state index contributed by atoms with van der Waals surface area (Å²) >= 11 is 0. The molecule has 2 N–H and O–H groups in total. The van der Waals surface area contributed by atoms with Crippen molar-refractivity contribution in [2.75, 3.05) is 6.54 Å². The van der Waals surface area contributed by atoms with Crippen molar-refractivity contribution in [2.24, 2.45) is 17.6 Å². The third kappa shape index (κ3) is 11.5. The Balaban J connectivity index is 0. The molecule has 3 heteroatoms. The molecule has 0 bridgehead atoms. The molecule has 3 nitrogen and oxygen atoms in total. The zero-order valence-corrected chi connectivity index (χ0v) is 11.7. The van der Waals surface area contributed by atoms with Crippen molar-refractivity contribution in [2.45, 2.75) is 60.5 Å². The first kappa shape index (κ1) is 17.8. The van der Waals surface area contributed by atoms with Gasteiger partial charge < -0.3 is 10.5 Å². The molecular weight excluding hydrogens is 202 g/mol. The van der Waals surface area contributed by atoms with Gasteiger partial charge in [-0.1, -0.05) is 27.7 Å². The van der Waals surface area contributed by atoms with Crippen molar-refractivity contribution < 1.29 is 9.53 Å². The second kappa shape index (κ2) is 10.9. The van der Waals surface area contributed by atoms with Crippen LogP contribution in [0, 0.1) is 11.8 Å². The minimum absolute atomic E-state index is 0.0278. The normalized spacial score (nSPS) is 12.1. The summed E-state index contributed by atoms with van der Waals surface area (Å²) in [7, 11) is 0. The zero-order chi connectivity index (χ0) is 13.1. The van der Waals surface area contributed by atoms with Gasteiger partial charge in [-0.2, -0.15) is 0 Å². The molecule has 0 rings (SSSR count). The van der Waals surface area contributed by atoms with Crippen LogP contribution in [0.4, 0.5) is 0 Å². The van der Waals surface area contributed by atoms with Crippen molar-refractivity contribution in [1.82, 2.24) is 0 Å². The lowest BCUT2D eigenvalue weighted by Gasteiger charge is -2.17. The highest BCUT2D eigenvalue weighted by atomic mass is 16.5. The lowest BCUT2D eigenvalue weighted by molar-refractivity contribution is -0.148. The summed E-state index contributed by atoms with van der Waals surface area (Å²) in [5.41, 5.74) is 5.59. The van der Waals surface area contributed by atoms with E-state index in [1.807, 2.05) is 27.7 Å². The number of carbonyl (C=O) groups excluding carboxylic acids is 1. The van der Waals surface area contributed by atoms with Crippen LogP contribution in [0.25, 0.3) is 0 Å². The zero-order valence-electron chi connectivity index (χ0n) is 11.7. The van der Waals surface area contributed by atoms with Gasteiger partial charge in [0.2, 0.25) is 0 Å². The van der Waals surface area contributed by atoms with E-state index in [4.69, 9.17) is 10.5 Å². The van der Waals surface area contributed by atoms with E-state index < -0.39 is 0 Å². The van der Waals surface area contributed by atoms with E-state index in [2.05, 4.69) is 13.8 Å². The molecule has 0 aromatic carbocycles. The Labute approximate surface area is 101 Å². The van der Waals surface area contributed by atoms with Crippen molar-refractivity contribution in [3.63, 3.8) is 0 Å². The third-order valence-electron chi connectivity index (χ3n) is 1.96. The largest absolute Gasteiger partial charge is 0.463 e. The van der Waals surface area contributed by atoms with Gasteiger partial charge in [0.1, 0.15) is 0 Å². The quantitative estimate of drug-likeness (QED) is 0.715. The summed E-state index contributed by atoms with van der Waals surface area (Å²) in [5.74, 6) is 0.716. The highest BCUT2D eigenvalue weighted by Crippen LogP contribution is 2.15. The Morgan fingerprint density at radius 3 is 2.00 bits per heavy atom. The average Bonchev–Trinajstić information content (AvgIpc) is 2.17. The van der Waals surface area contributed by atoms with E-state index in [1.165, 1.54) is 0 Å². The van der Waals surface area contributed by atoms with E-state index in [-0.39, 0.29) is 18.0 Å². The molecule has 0 aliphatic rings. The lowest BCUT2D eigenvalue weighted by atomic mass is 9.94. The van der Waals surface area contributed by atoms with Crippen molar-refractivity contribution in [3.8, 4) is 0 Å². The first-order valence-corrected chi connectivity index (χ1v) is 6.35. The standard InChI is InChI=1S/C11H23NO2.C2H6/c1-8(2)5-10(7-12)6-11(13)14-9(3)4;1-2/h8-10H,5-7,12H2,1-4H3;1-2H3. The Hall–Kier alpha value is -0.570. The van der Waals surface area contributed by atoms with Crippen molar-refractivity contribution in [3.05, 3.63) is 0 Å². The van der Waals surface area contributed by atoms with E-state index in [0.29, 0.717) is 18.9 Å². The SMILES string of the molecule is CC.CC(C)CC(CN)CC(=O)OC(C)C. The Kier molecular flexibility index (Phi) is 12.2. The fourth-order valence-electron chi connectivity index (χ4n) is 1.48. The van der Waals surface area contributed by atoms with Crippen LogP contribution in [0.1, 0.15) is 54.4 Å². The summed E-state index contributed by atoms with van der Waals surface area (Å²) in [6.45, 7) is 12.5. The molecule has 98 valence electrons. The first-order valence-electron chi connectivity index (χ1n) is 6.35. The van der Waals surface area contributed by atoms with Crippen LogP contribution in [-0.4, -0.2) is 18.6 Å². The molecule has 0 aromatic rings. The van der Waals surface area contributed by atoms with Crippen LogP contribution in [-0.2, 0) is 9.53 Å². The maximum atomic E-state index is 11.3. The lowest BCUT2D eigenvalue weighted by Crippen LogP contribution is -2.22. The average molecular weight is 231 g/mol. The van der Waals surface area contributed by atoms with Crippen LogP contribution in [0.15, 0.2) is 0 Å². The molecular formula is C13H29NO2. The van der Waals surface area contributed by atoms with Crippen LogP contribution in [0.3, 0.4) is 0 Å². The summed E-state index contributed by atoms with van der Waals surface area (Å²) in [4.78, 5) is 11.3. The van der Waals surface area contributed by atoms with E-state index >= 15 is 0 Å². The van der Waals surface area contributed by atoms with Crippen LogP contribution < -0.4 is 5.73 Å². The number of ether oxygens (including phenoxy) is 1. The fraction of sp³-hybridized carbons (Fsp3) is 0.923. The fourth-order valence-corrected chi connectivity index (χ4v) is 1.48. The van der Waals surface area contributed by atoms with Gasteiger partial charge in [0.25, 0.3) is 0 Å². The van der Waals surface area contributed by atoms with Crippen LogP contribution in [0.2, 0.25) is 0 Å². The van der Waals surface area contributed by atoms with Gasteiger partial charge in [-0.25, -0.2) is 0 Å². The molecule has 0 heterocycles. The van der Waals surface area contributed by atoms with Gasteiger partial charge >= 0.3 is 5.97 Å². The number of carbonyl (C=O) groups is 1. The summed E-state index contributed by atoms with van der Waals surface area (Å²) in [5, 5.41) is 0. The van der Waals surface area contributed by atoms with Gasteiger partial charge in [0, 0.05) is 6.42 Å². The predicted octanol–water partition coefficient (Wildman–Crippen LogP) is 2.98. The molecule has 0 radical (unpaired) electrons. The van der Waals surface area contributed by atoms with Gasteiger partial charge in [-0.05, 0) is 38.6 Å². The smallest absolute Gasteiger partial charge is 0.306 e. The molecule has 0 spiro atoms. The van der Waals surface area contributed by atoms with Gasteiger partial charge in [0.05, 0.1) is 6.10 Å². The molecule has 0 saturated heterocycles.